The van der Waals surface area contributed by atoms with Crippen molar-refractivity contribution in [1.29, 1.82) is 0 Å². The fourth-order valence-electron chi connectivity index (χ4n) is 5.18. The first-order valence-electron chi connectivity index (χ1n) is 13.5. The van der Waals surface area contributed by atoms with E-state index in [0.29, 0.717) is 22.3 Å². The van der Waals surface area contributed by atoms with E-state index >= 15 is 0 Å². The number of thiophene rings is 1. The quantitative estimate of drug-likeness (QED) is 0.250. The fourth-order valence-corrected chi connectivity index (χ4v) is 6.47. The van der Waals surface area contributed by atoms with Gasteiger partial charge in [0.25, 0.3) is 5.91 Å². The van der Waals surface area contributed by atoms with Crippen molar-refractivity contribution in [3.05, 3.63) is 80.7 Å². The van der Waals surface area contributed by atoms with Crippen molar-refractivity contribution >= 4 is 40.1 Å². The number of alkyl halides is 3. The number of benzene rings is 1. The molecule has 0 radical (unpaired) electrons. The third kappa shape index (κ3) is 6.16. The third-order valence-electron chi connectivity index (χ3n) is 7.35. The number of aromatic carboxylic acids is 1. The van der Waals surface area contributed by atoms with Gasteiger partial charge in [-0.15, -0.1) is 11.3 Å². The summed E-state index contributed by atoms with van der Waals surface area (Å²) in [6, 6.07) is 11.0. The van der Waals surface area contributed by atoms with E-state index < -0.39 is 23.5 Å². The number of nitrogens with zero attached hydrogens (tertiary/aromatic N) is 2. The molecular formula is C30H26F3N3O7S. The highest BCUT2D eigenvalue weighted by atomic mass is 32.1. The molecule has 3 heterocycles. The molecule has 1 aromatic carbocycles. The molecule has 0 saturated heterocycles. The maximum atomic E-state index is 13.0. The molecule has 1 fully saturated rings. The number of fused-ring (bicyclic) bond motifs is 2. The lowest BCUT2D eigenvalue weighted by Gasteiger charge is -2.23. The number of pyridine rings is 2. The Balaban J connectivity index is 0.000000493. The molecule has 0 bridgehead atoms. The lowest BCUT2D eigenvalue weighted by Crippen LogP contribution is -2.30. The van der Waals surface area contributed by atoms with Gasteiger partial charge in [-0.2, -0.15) is 13.2 Å². The number of hydrogen-bond donors (Lipinski definition) is 3. The minimum atomic E-state index is -5.08. The number of carboxylic acid groups (broad SMARTS) is 2. The van der Waals surface area contributed by atoms with Crippen molar-refractivity contribution in [2.75, 3.05) is 7.11 Å². The standard InChI is InChI=1S/C28H25N3O5S.C2HF3O2/c1-36-26-16(10-11-17-24(26)31(15-8-9-15)14-19(25(17)32)28(34)35)23-13-18-20(6-4-7-22(18)37-23)30-27(33)21-5-2-3-12-29-21;3-2(4,5)1(6)7/h2-3,5,10-15,20H,4,6-9H2,1H3,(H,30,33)(H,34,35);(H,6,7). The van der Waals surface area contributed by atoms with Gasteiger partial charge in [-0.25, -0.2) is 9.59 Å². The van der Waals surface area contributed by atoms with Crippen LogP contribution in [0.4, 0.5) is 13.2 Å². The van der Waals surface area contributed by atoms with Gasteiger partial charge in [-0.3, -0.25) is 14.6 Å². The van der Waals surface area contributed by atoms with Gasteiger partial charge in [-0.1, -0.05) is 6.07 Å². The summed E-state index contributed by atoms with van der Waals surface area (Å²) in [6.45, 7) is 0. The number of methoxy groups -OCH3 is 1. The van der Waals surface area contributed by atoms with Crippen molar-refractivity contribution in [3.63, 3.8) is 0 Å². The van der Waals surface area contributed by atoms with Gasteiger partial charge in [-0.05, 0) is 68.0 Å². The summed E-state index contributed by atoms with van der Waals surface area (Å²) in [5.41, 5.74) is 2.22. The first-order chi connectivity index (χ1) is 20.9. The molecule has 2 aliphatic carbocycles. The monoisotopic (exact) mass is 629 g/mol. The maximum Gasteiger partial charge on any atom is 0.490 e. The fraction of sp³-hybridized carbons (Fsp3) is 0.300. The Morgan fingerprint density at radius 2 is 1.84 bits per heavy atom. The Kier molecular flexibility index (Phi) is 8.46. The van der Waals surface area contributed by atoms with E-state index in [0.717, 1.165) is 48.1 Å². The van der Waals surface area contributed by atoms with Gasteiger partial charge in [0.15, 0.2) is 5.75 Å². The summed E-state index contributed by atoms with van der Waals surface area (Å²) in [4.78, 5) is 52.8. The molecule has 1 atom stereocenters. The Morgan fingerprint density at radius 1 is 1.11 bits per heavy atom. The number of nitrogens with one attached hydrogen (secondary N) is 1. The number of aryl methyl sites for hydroxylation is 1. The molecule has 3 aromatic heterocycles. The SMILES string of the molecule is COc1c(-c2cc3c(s2)CCCC3NC(=O)c2ccccn2)ccc2c(=O)c(C(=O)O)cn(C3CC3)c12.O=C(O)C(F)(F)F. The second-order valence-corrected chi connectivity index (χ2v) is 11.4. The number of carbonyl (C=O) groups is 3. The van der Waals surface area contributed by atoms with Gasteiger partial charge in [0.2, 0.25) is 5.43 Å². The third-order valence-corrected chi connectivity index (χ3v) is 8.59. The van der Waals surface area contributed by atoms with Crippen LogP contribution in [0.15, 0.2) is 53.6 Å². The molecule has 1 saturated carbocycles. The smallest absolute Gasteiger partial charge is 0.490 e. The topological polar surface area (TPSA) is 148 Å². The van der Waals surface area contributed by atoms with Crippen LogP contribution >= 0.6 is 11.3 Å². The molecule has 6 rings (SSSR count). The van der Waals surface area contributed by atoms with Crippen LogP contribution in [0.3, 0.4) is 0 Å². The number of aliphatic carboxylic acids is 1. The lowest BCUT2D eigenvalue weighted by atomic mass is 9.93. The molecule has 0 aliphatic heterocycles. The van der Waals surface area contributed by atoms with E-state index in [1.807, 2.05) is 10.6 Å². The van der Waals surface area contributed by atoms with Crippen LogP contribution < -0.4 is 15.5 Å². The molecule has 4 aromatic rings. The number of rotatable bonds is 6. The molecule has 14 heteroatoms. The molecule has 0 spiro atoms. The maximum absolute atomic E-state index is 13.0. The van der Waals surface area contributed by atoms with E-state index in [1.165, 1.54) is 11.1 Å². The van der Waals surface area contributed by atoms with Gasteiger partial charge >= 0.3 is 18.1 Å². The van der Waals surface area contributed by atoms with E-state index in [1.54, 1.807) is 48.9 Å². The van der Waals surface area contributed by atoms with E-state index in [4.69, 9.17) is 14.6 Å². The minimum Gasteiger partial charge on any atom is -0.494 e. The zero-order chi connectivity index (χ0) is 31.8. The van der Waals surface area contributed by atoms with E-state index in [-0.39, 0.29) is 23.6 Å². The van der Waals surface area contributed by atoms with Gasteiger partial charge in [0.1, 0.15) is 11.3 Å². The first kappa shape index (κ1) is 30.7. The lowest BCUT2D eigenvalue weighted by molar-refractivity contribution is -0.192. The van der Waals surface area contributed by atoms with E-state index in [9.17, 15) is 32.7 Å². The number of halogens is 3. The highest BCUT2D eigenvalue weighted by Gasteiger charge is 2.38. The Hall–Kier alpha value is -4.72. The highest BCUT2D eigenvalue weighted by molar-refractivity contribution is 7.15. The average molecular weight is 630 g/mol. The molecule has 44 heavy (non-hydrogen) atoms. The number of amides is 1. The average Bonchev–Trinajstić information content (AvgIpc) is 3.74. The van der Waals surface area contributed by atoms with Crippen molar-refractivity contribution in [3.8, 4) is 16.2 Å². The van der Waals surface area contributed by atoms with E-state index in [2.05, 4.69) is 16.4 Å². The minimum absolute atomic E-state index is 0.113. The largest absolute Gasteiger partial charge is 0.494 e. The summed E-state index contributed by atoms with van der Waals surface area (Å²) < 4.78 is 39.5. The Labute approximate surface area is 251 Å². The Bertz CT molecular complexity index is 1810. The van der Waals surface area contributed by atoms with Crippen LogP contribution in [0.1, 0.15) is 69.1 Å². The van der Waals surface area contributed by atoms with Crippen molar-refractivity contribution in [1.82, 2.24) is 14.9 Å². The highest BCUT2D eigenvalue weighted by Crippen LogP contribution is 2.46. The number of carboxylic acids is 2. The number of ether oxygens (including phenoxy) is 1. The molecule has 3 N–H and O–H groups in total. The molecule has 230 valence electrons. The summed E-state index contributed by atoms with van der Waals surface area (Å²) >= 11 is 1.67. The molecule has 10 nitrogen and oxygen atoms in total. The Morgan fingerprint density at radius 3 is 2.43 bits per heavy atom. The second-order valence-electron chi connectivity index (χ2n) is 10.3. The van der Waals surface area contributed by atoms with Crippen molar-refractivity contribution in [2.45, 2.75) is 50.4 Å². The summed E-state index contributed by atoms with van der Waals surface area (Å²) in [5.74, 6) is -3.62. The van der Waals surface area contributed by atoms with Gasteiger partial charge < -0.3 is 24.8 Å². The molecule has 2 aliphatic rings. The molecule has 1 unspecified atom stereocenters. The summed E-state index contributed by atoms with van der Waals surface area (Å²) in [6.07, 6.45) is 2.57. The normalized spacial score (nSPS) is 16.0. The van der Waals surface area contributed by atoms with Crippen molar-refractivity contribution < 1.29 is 42.5 Å². The second kappa shape index (κ2) is 12.1. The molecular weight excluding hydrogens is 603 g/mol. The summed E-state index contributed by atoms with van der Waals surface area (Å²) in [7, 11) is 1.58. The molecule has 1 amide bonds. The van der Waals surface area contributed by atoms with Gasteiger partial charge in [0.05, 0.1) is 24.1 Å². The first-order valence-corrected chi connectivity index (χ1v) is 14.4. The number of aromatic nitrogens is 2. The zero-order valence-corrected chi connectivity index (χ0v) is 24.0. The van der Waals surface area contributed by atoms with Crippen LogP contribution in [-0.4, -0.2) is 50.9 Å². The van der Waals surface area contributed by atoms with Crippen LogP contribution in [-0.2, 0) is 11.2 Å². The van der Waals surface area contributed by atoms with Crippen LogP contribution in [0, 0.1) is 0 Å². The van der Waals surface area contributed by atoms with Crippen LogP contribution in [0.5, 0.6) is 5.75 Å². The van der Waals surface area contributed by atoms with Gasteiger partial charge in [0, 0.05) is 33.8 Å². The van der Waals surface area contributed by atoms with Crippen LogP contribution in [0.25, 0.3) is 21.3 Å². The predicted molar refractivity (Wildman–Crippen MR) is 154 cm³/mol. The van der Waals surface area contributed by atoms with Crippen molar-refractivity contribution in [2.24, 2.45) is 0 Å². The van der Waals surface area contributed by atoms with Crippen LogP contribution in [0.2, 0.25) is 0 Å². The predicted octanol–water partition coefficient (Wildman–Crippen LogP) is 5.61. The number of carbonyl (C=O) groups excluding carboxylic acids is 1. The zero-order valence-electron chi connectivity index (χ0n) is 23.2. The summed E-state index contributed by atoms with van der Waals surface area (Å²) in [5, 5.41) is 20.2. The number of hydrogen-bond acceptors (Lipinski definition) is 7.